The monoisotopic (exact) mass is 370 g/mol. The zero-order valence-corrected chi connectivity index (χ0v) is 16.6. The highest BCUT2D eigenvalue weighted by molar-refractivity contribution is 5.79. The van der Waals surface area contributed by atoms with Crippen LogP contribution < -0.4 is 10.6 Å². The van der Waals surface area contributed by atoms with Gasteiger partial charge < -0.3 is 15.4 Å². The normalized spacial score (nSPS) is 19.6. The van der Waals surface area contributed by atoms with Gasteiger partial charge in [0.1, 0.15) is 0 Å². The Morgan fingerprint density at radius 3 is 2.70 bits per heavy atom. The second kappa shape index (κ2) is 11.1. The number of aliphatic imine (C=N–C) groups is 1. The van der Waals surface area contributed by atoms with Gasteiger partial charge in [0.2, 0.25) is 0 Å². The number of likely N-dealkylation sites (tertiary alicyclic amines) is 1. The highest BCUT2D eigenvalue weighted by Crippen LogP contribution is 2.25. The van der Waals surface area contributed by atoms with Crippen molar-refractivity contribution >= 4 is 5.96 Å². The van der Waals surface area contributed by atoms with Crippen LogP contribution in [0.5, 0.6) is 0 Å². The Morgan fingerprint density at radius 2 is 2.00 bits per heavy atom. The van der Waals surface area contributed by atoms with Crippen molar-refractivity contribution in [3.63, 3.8) is 0 Å². The third kappa shape index (κ3) is 6.36. The molecule has 0 bridgehead atoms. The van der Waals surface area contributed by atoms with Crippen LogP contribution in [0.2, 0.25) is 0 Å². The lowest BCUT2D eigenvalue weighted by molar-refractivity contribution is 0.153. The molecule has 5 heteroatoms. The largest absolute Gasteiger partial charge is 0.377 e. The van der Waals surface area contributed by atoms with Gasteiger partial charge in [0, 0.05) is 13.1 Å². The number of ether oxygens (including phenoxy) is 1. The number of benzene rings is 1. The van der Waals surface area contributed by atoms with Crippen LogP contribution in [0.15, 0.2) is 47.0 Å². The Kier molecular flexibility index (Phi) is 8.18. The summed E-state index contributed by atoms with van der Waals surface area (Å²) in [6.45, 7) is 8.67. The van der Waals surface area contributed by atoms with Gasteiger partial charge in [-0.1, -0.05) is 42.0 Å². The zero-order chi connectivity index (χ0) is 18.7. The molecule has 5 nitrogen and oxygen atoms in total. The topological polar surface area (TPSA) is 48.9 Å². The van der Waals surface area contributed by atoms with E-state index in [2.05, 4.69) is 58.9 Å². The van der Waals surface area contributed by atoms with Crippen LogP contribution in [0.25, 0.3) is 0 Å². The summed E-state index contributed by atoms with van der Waals surface area (Å²) in [4.78, 5) is 7.50. The SMILES string of the molecule is CCNC(=NCC(c1ccccc1)N1CCCC1)NCCC1=CCOCC1. The molecule has 27 heavy (non-hydrogen) atoms. The summed E-state index contributed by atoms with van der Waals surface area (Å²) in [7, 11) is 0. The minimum atomic E-state index is 0.363. The van der Waals surface area contributed by atoms with Gasteiger partial charge in [0.25, 0.3) is 0 Å². The van der Waals surface area contributed by atoms with Gasteiger partial charge in [0.05, 0.1) is 25.8 Å². The molecule has 1 fully saturated rings. The molecule has 1 aromatic rings. The van der Waals surface area contributed by atoms with E-state index < -0.39 is 0 Å². The van der Waals surface area contributed by atoms with Crippen molar-refractivity contribution in [2.45, 2.75) is 38.6 Å². The molecule has 0 aliphatic carbocycles. The summed E-state index contributed by atoms with van der Waals surface area (Å²) in [5, 5.41) is 6.90. The van der Waals surface area contributed by atoms with E-state index in [1.807, 2.05) is 0 Å². The van der Waals surface area contributed by atoms with Crippen molar-refractivity contribution < 1.29 is 4.74 Å². The van der Waals surface area contributed by atoms with Crippen molar-refractivity contribution in [1.82, 2.24) is 15.5 Å². The van der Waals surface area contributed by atoms with Gasteiger partial charge in [-0.15, -0.1) is 0 Å². The van der Waals surface area contributed by atoms with Gasteiger partial charge in [-0.2, -0.15) is 0 Å². The first-order chi connectivity index (χ1) is 13.4. The Hall–Kier alpha value is -1.85. The summed E-state index contributed by atoms with van der Waals surface area (Å²) in [5.74, 6) is 0.922. The second-order valence-electron chi connectivity index (χ2n) is 7.25. The summed E-state index contributed by atoms with van der Waals surface area (Å²) in [5.41, 5.74) is 2.86. The van der Waals surface area contributed by atoms with E-state index in [4.69, 9.17) is 9.73 Å². The first-order valence-electron chi connectivity index (χ1n) is 10.4. The van der Waals surface area contributed by atoms with Crippen molar-refractivity contribution in [2.24, 2.45) is 4.99 Å². The van der Waals surface area contributed by atoms with Gasteiger partial charge in [-0.05, 0) is 51.3 Å². The third-order valence-corrected chi connectivity index (χ3v) is 5.33. The molecule has 1 aromatic carbocycles. The molecule has 2 aliphatic rings. The smallest absolute Gasteiger partial charge is 0.191 e. The maximum Gasteiger partial charge on any atom is 0.191 e. The third-order valence-electron chi connectivity index (χ3n) is 5.33. The highest BCUT2D eigenvalue weighted by atomic mass is 16.5. The van der Waals surface area contributed by atoms with Crippen molar-refractivity contribution in [1.29, 1.82) is 0 Å². The maximum atomic E-state index is 5.38. The predicted octanol–water partition coefficient (Wildman–Crippen LogP) is 3.12. The first kappa shape index (κ1) is 19.9. The molecule has 0 radical (unpaired) electrons. The Labute approximate surface area is 163 Å². The fourth-order valence-corrected chi connectivity index (χ4v) is 3.81. The fourth-order valence-electron chi connectivity index (χ4n) is 3.81. The zero-order valence-electron chi connectivity index (χ0n) is 16.6. The van der Waals surface area contributed by atoms with E-state index in [0.717, 1.165) is 51.6 Å². The molecule has 2 aliphatic heterocycles. The molecule has 2 N–H and O–H groups in total. The number of hydrogen-bond acceptors (Lipinski definition) is 3. The van der Waals surface area contributed by atoms with E-state index in [9.17, 15) is 0 Å². The molecule has 1 saturated heterocycles. The molecule has 2 heterocycles. The predicted molar refractivity (Wildman–Crippen MR) is 112 cm³/mol. The van der Waals surface area contributed by atoms with Crippen LogP contribution in [0.3, 0.4) is 0 Å². The van der Waals surface area contributed by atoms with Crippen LogP contribution in [0.1, 0.15) is 44.2 Å². The summed E-state index contributed by atoms with van der Waals surface area (Å²) < 4.78 is 5.38. The van der Waals surface area contributed by atoms with Crippen molar-refractivity contribution in [3.8, 4) is 0 Å². The Balaban J connectivity index is 1.59. The first-order valence-corrected chi connectivity index (χ1v) is 10.4. The maximum absolute atomic E-state index is 5.38. The number of rotatable bonds is 8. The van der Waals surface area contributed by atoms with E-state index >= 15 is 0 Å². The van der Waals surface area contributed by atoms with Crippen molar-refractivity contribution in [3.05, 3.63) is 47.5 Å². The fraction of sp³-hybridized carbons (Fsp3) is 0.591. The molecular weight excluding hydrogens is 336 g/mol. The minimum absolute atomic E-state index is 0.363. The van der Waals surface area contributed by atoms with Gasteiger partial charge in [-0.3, -0.25) is 9.89 Å². The summed E-state index contributed by atoms with van der Waals surface area (Å²) >= 11 is 0. The number of guanidine groups is 1. The molecule has 0 spiro atoms. The van der Waals surface area contributed by atoms with Crippen LogP contribution in [0.4, 0.5) is 0 Å². The van der Waals surface area contributed by atoms with Crippen LogP contribution in [-0.2, 0) is 4.74 Å². The Bertz CT molecular complexity index is 608. The standard InChI is InChI=1S/C22H34N4O/c1-2-23-22(24-13-10-19-11-16-27-17-12-19)25-18-21(26-14-6-7-15-26)20-8-4-3-5-9-20/h3-5,8-9,11,21H,2,6-7,10,12-18H2,1H3,(H2,23,24,25). The van der Waals surface area contributed by atoms with E-state index in [1.165, 1.54) is 37.1 Å². The average Bonchev–Trinajstić information content (AvgIpc) is 3.24. The molecule has 1 atom stereocenters. The van der Waals surface area contributed by atoms with Gasteiger partial charge >= 0.3 is 0 Å². The molecule has 0 amide bonds. The van der Waals surface area contributed by atoms with Crippen LogP contribution in [0, 0.1) is 0 Å². The molecule has 0 saturated carbocycles. The molecule has 0 aromatic heterocycles. The van der Waals surface area contributed by atoms with E-state index in [-0.39, 0.29) is 0 Å². The van der Waals surface area contributed by atoms with Gasteiger partial charge in [0.15, 0.2) is 5.96 Å². The Morgan fingerprint density at radius 1 is 1.19 bits per heavy atom. The number of nitrogens with zero attached hydrogens (tertiary/aromatic N) is 2. The molecular formula is C22H34N4O. The highest BCUT2D eigenvalue weighted by Gasteiger charge is 2.23. The van der Waals surface area contributed by atoms with Gasteiger partial charge in [-0.25, -0.2) is 0 Å². The molecule has 148 valence electrons. The van der Waals surface area contributed by atoms with Crippen LogP contribution >= 0.6 is 0 Å². The lowest BCUT2D eigenvalue weighted by Gasteiger charge is -2.27. The molecule has 3 rings (SSSR count). The summed E-state index contributed by atoms with van der Waals surface area (Å²) in [6.07, 6.45) is 6.92. The van der Waals surface area contributed by atoms with E-state index in [1.54, 1.807) is 0 Å². The number of hydrogen-bond donors (Lipinski definition) is 2. The van der Waals surface area contributed by atoms with Crippen molar-refractivity contribution in [2.75, 3.05) is 45.9 Å². The van der Waals surface area contributed by atoms with E-state index in [0.29, 0.717) is 6.04 Å². The quantitative estimate of drug-likeness (QED) is 0.419. The average molecular weight is 371 g/mol. The number of nitrogens with one attached hydrogen (secondary N) is 2. The van der Waals surface area contributed by atoms with Crippen LogP contribution in [-0.4, -0.2) is 56.8 Å². The minimum Gasteiger partial charge on any atom is -0.377 e. The lowest BCUT2D eigenvalue weighted by Crippen LogP contribution is -2.39. The summed E-state index contributed by atoms with van der Waals surface area (Å²) in [6, 6.07) is 11.2. The second-order valence-corrected chi connectivity index (χ2v) is 7.25. The lowest BCUT2D eigenvalue weighted by atomic mass is 10.1. The molecule has 1 unspecified atom stereocenters.